The van der Waals surface area contributed by atoms with Gasteiger partial charge in [0.15, 0.2) is 0 Å². The third-order valence-electron chi connectivity index (χ3n) is 4.73. The molecule has 2 unspecified atom stereocenters. The lowest BCUT2D eigenvalue weighted by atomic mass is 9.89. The highest BCUT2D eigenvalue weighted by Crippen LogP contribution is 2.33. The summed E-state index contributed by atoms with van der Waals surface area (Å²) in [4.78, 5) is 0. The number of hydrogen-bond donors (Lipinski definition) is 2. The van der Waals surface area contributed by atoms with Crippen LogP contribution in [0.1, 0.15) is 58.3 Å². The Bertz CT molecular complexity index is 213. The molecule has 0 spiro atoms. The standard InChI is InChI=1S/C14H28N2/c1-2-12-4-3-8-14(11-15,9-7-12)16-10-13-5-6-13/h12-13,16H,2-11,15H2,1H3. The summed E-state index contributed by atoms with van der Waals surface area (Å²) < 4.78 is 0. The summed E-state index contributed by atoms with van der Waals surface area (Å²) in [6.07, 6.45) is 11.0. The van der Waals surface area contributed by atoms with Gasteiger partial charge in [0.05, 0.1) is 0 Å². The number of nitrogens with two attached hydrogens (primary N) is 1. The molecule has 0 saturated heterocycles. The maximum atomic E-state index is 6.04. The molecule has 0 radical (unpaired) electrons. The van der Waals surface area contributed by atoms with E-state index in [-0.39, 0.29) is 5.54 Å². The van der Waals surface area contributed by atoms with Crippen molar-refractivity contribution in [3.63, 3.8) is 0 Å². The van der Waals surface area contributed by atoms with Gasteiger partial charge in [-0.25, -0.2) is 0 Å². The first-order chi connectivity index (χ1) is 7.78. The van der Waals surface area contributed by atoms with Gasteiger partial charge >= 0.3 is 0 Å². The Morgan fingerprint density at radius 2 is 1.94 bits per heavy atom. The van der Waals surface area contributed by atoms with E-state index < -0.39 is 0 Å². The first-order valence-corrected chi connectivity index (χ1v) is 7.23. The molecule has 3 N–H and O–H groups in total. The van der Waals surface area contributed by atoms with E-state index in [1.54, 1.807) is 0 Å². The van der Waals surface area contributed by atoms with Crippen molar-refractivity contribution >= 4 is 0 Å². The van der Waals surface area contributed by atoms with E-state index in [0.717, 1.165) is 18.4 Å². The fraction of sp³-hybridized carbons (Fsp3) is 1.00. The highest BCUT2D eigenvalue weighted by atomic mass is 15.0. The summed E-state index contributed by atoms with van der Waals surface area (Å²) in [5.41, 5.74) is 6.32. The molecule has 0 aromatic carbocycles. The van der Waals surface area contributed by atoms with Crippen molar-refractivity contribution in [1.82, 2.24) is 5.32 Å². The van der Waals surface area contributed by atoms with Gasteiger partial charge in [-0.05, 0) is 50.5 Å². The summed E-state index contributed by atoms with van der Waals surface area (Å²) in [5.74, 6) is 1.92. The monoisotopic (exact) mass is 224 g/mol. The Kier molecular flexibility index (Phi) is 4.26. The number of nitrogens with one attached hydrogen (secondary N) is 1. The molecular formula is C14H28N2. The van der Waals surface area contributed by atoms with Crippen molar-refractivity contribution in [2.75, 3.05) is 13.1 Å². The van der Waals surface area contributed by atoms with Crippen molar-refractivity contribution in [1.29, 1.82) is 0 Å². The fourth-order valence-electron chi connectivity index (χ4n) is 3.02. The van der Waals surface area contributed by atoms with Gasteiger partial charge in [0, 0.05) is 12.1 Å². The van der Waals surface area contributed by atoms with Crippen LogP contribution in [0.15, 0.2) is 0 Å². The average molecular weight is 224 g/mol. The van der Waals surface area contributed by atoms with Crippen LogP contribution in [0.3, 0.4) is 0 Å². The van der Waals surface area contributed by atoms with Gasteiger partial charge in [0.25, 0.3) is 0 Å². The van der Waals surface area contributed by atoms with E-state index in [1.807, 2.05) is 0 Å². The molecule has 0 bridgehead atoms. The smallest absolute Gasteiger partial charge is 0.0304 e. The lowest BCUT2D eigenvalue weighted by molar-refractivity contribution is 0.284. The van der Waals surface area contributed by atoms with Gasteiger partial charge in [0.1, 0.15) is 0 Å². The van der Waals surface area contributed by atoms with Crippen molar-refractivity contribution in [3.05, 3.63) is 0 Å². The van der Waals surface area contributed by atoms with Crippen LogP contribution < -0.4 is 11.1 Å². The average Bonchev–Trinajstić information content (AvgIpc) is 3.14. The highest BCUT2D eigenvalue weighted by Gasteiger charge is 2.33. The molecular weight excluding hydrogens is 196 g/mol. The molecule has 0 amide bonds. The molecule has 0 aliphatic heterocycles. The quantitative estimate of drug-likeness (QED) is 0.705. The van der Waals surface area contributed by atoms with Crippen molar-refractivity contribution in [2.45, 2.75) is 63.8 Å². The molecule has 94 valence electrons. The SMILES string of the molecule is CCC1CCCC(CN)(NCC2CC2)CC1. The Labute approximate surface area is 100 Å². The summed E-state index contributed by atoms with van der Waals surface area (Å²) in [6, 6.07) is 0. The summed E-state index contributed by atoms with van der Waals surface area (Å²) in [5, 5.41) is 3.81. The Balaban J connectivity index is 1.85. The van der Waals surface area contributed by atoms with E-state index in [1.165, 1.54) is 57.9 Å². The molecule has 16 heavy (non-hydrogen) atoms. The molecule has 2 heteroatoms. The molecule has 2 rings (SSSR count). The van der Waals surface area contributed by atoms with E-state index in [0.29, 0.717) is 0 Å². The summed E-state index contributed by atoms with van der Waals surface area (Å²) >= 11 is 0. The second kappa shape index (κ2) is 5.50. The van der Waals surface area contributed by atoms with Gasteiger partial charge < -0.3 is 11.1 Å². The molecule has 2 saturated carbocycles. The number of hydrogen-bond acceptors (Lipinski definition) is 2. The number of rotatable bonds is 5. The van der Waals surface area contributed by atoms with E-state index in [4.69, 9.17) is 5.73 Å². The third-order valence-corrected chi connectivity index (χ3v) is 4.73. The first-order valence-electron chi connectivity index (χ1n) is 7.23. The molecule has 2 aliphatic carbocycles. The first kappa shape index (κ1) is 12.4. The van der Waals surface area contributed by atoms with Gasteiger partial charge in [0.2, 0.25) is 0 Å². The normalized spacial score (nSPS) is 36.0. The van der Waals surface area contributed by atoms with Crippen molar-refractivity contribution in [2.24, 2.45) is 17.6 Å². The van der Waals surface area contributed by atoms with Gasteiger partial charge in [-0.2, -0.15) is 0 Å². The summed E-state index contributed by atoms with van der Waals surface area (Å²) in [6.45, 7) is 4.38. The Hall–Kier alpha value is -0.0800. The zero-order valence-electron chi connectivity index (χ0n) is 10.8. The second-order valence-corrected chi connectivity index (χ2v) is 6.01. The minimum Gasteiger partial charge on any atom is -0.329 e. The fourth-order valence-corrected chi connectivity index (χ4v) is 3.02. The second-order valence-electron chi connectivity index (χ2n) is 6.01. The minimum atomic E-state index is 0.284. The largest absolute Gasteiger partial charge is 0.329 e. The van der Waals surface area contributed by atoms with E-state index >= 15 is 0 Å². The zero-order chi connectivity index (χ0) is 11.4. The Morgan fingerprint density at radius 3 is 2.56 bits per heavy atom. The van der Waals surface area contributed by atoms with Crippen LogP contribution in [-0.4, -0.2) is 18.6 Å². The van der Waals surface area contributed by atoms with Crippen LogP contribution in [0, 0.1) is 11.8 Å². The Morgan fingerprint density at radius 1 is 1.12 bits per heavy atom. The molecule has 2 atom stereocenters. The predicted octanol–water partition coefficient (Wildman–Crippen LogP) is 2.67. The highest BCUT2D eigenvalue weighted by molar-refractivity contribution is 4.93. The van der Waals surface area contributed by atoms with Gasteiger partial charge in [-0.15, -0.1) is 0 Å². The van der Waals surface area contributed by atoms with Gasteiger partial charge in [-0.3, -0.25) is 0 Å². The minimum absolute atomic E-state index is 0.284. The third kappa shape index (κ3) is 3.21. The van der Waals surface area contributed by atoms with Crippen LogP contribution in [0.2, 0.25) is 0 Å². The lowest BCUT2D eigenvalue weighted by Gasteiger charge is -2.33. The molecule has 2 nitrogen and oxygen atoms in total. The molecule has 2 fully saturated rings. The molecule has 0 aromatic rings. The predicted molar refractivity (Wildman–Crippen MR) is 69.4 cm³/mol. The van der Waals surface area contributed by atoms with Crippen molar-refractivity contribution in [3.8, 4) is 0 Å². The molecule has 0 heterocycles. The van der Waals surface area contributed by atoms with Crippen LogP contribution in [0.4, 0.5) is 0 Å². The van der Waals surface area contributed by atoms with E-state index in [9.17, 15) is 0 Å². The van der Waals surface area contributed by atoms with Crippen LogP contribution in [0.5, 0.6) is 0 Å². The van der Waals surface area contributed by atoms with Crippen LogP contribution in [-0.2, 0) is 0 Å². The molecule has 2 aliphatic rings. The zero-order valence-corrected chi connectivity index (χ0v) is 10.8. The molecule has 0 aromatic heterocycles. The maximum Gasteiger partial charge on any atom is 0.0304 e. The maximum absolute atomic E-state index is 6.04. The summed E-state index contributed by atoms with van der Waals surface area (Å²) in [7, 11) is 0. The lowest BCUT2D eigenvalue weighted by Crippen LogP contribution is -2.51. The van der Waals surface area contributed by atoms with Crippen LogP contribution >= 0.6 is 0 Å². The van der Waals surface area contributed by atoms with Gasteiger partial charge in [-0.1, -0.05) is 26.2 Å². The topological polar surface area (TPSA) is 38.0 Å². The van der Waals surface area contributed by atoms with Crippen molar-refractivity contribution < 1.29 is 0 Å². The van der Waals surface area contributed by atoms with Crippen LogP contribution in [0.25, 0.3) is 0 Å². The van der Waals surface area contributed by atoms with E-state index in [2.05, 4.69) is 12.2 Å².